The van der Waals surface area contributed by atoms with Crippen molar-refractivity contribution >= 4 is 5.82 Å². The molecule has 0 radical (unpaired) electrons. The molecule has 29 heavy (non-hydrogen) atoms. The molecule has 3 aromatic heterocycles. The number of nitrogens with one attached hydrogen (secondary N) is 1. The number of pyridine rings is 2. The summed E-state index contributed by atoms with van der Waals surface area (Å²) in [4.78, 5) is 16.9. The Labute approximate surface area is 169 Å². The molecule has 0 bridgehead atoms. The molecule has 3 heterocycles. The second-order valence-electron chi connectivity index (χ2n) is 7.45. The van der Waals surface area contributed by atoms with E-state index in [2.05, 4.69) is 31.3 Å². The quantitative estimate of drug-likeness (QED) is 0.578. The van der Waals surface area contributed by atoms with E-state index in [9.17, 15) is 4.39 Å². The number of hydrogen-bond acceptors (Lipinski definition) is 6. The average molecular weight is 393 g/mol. The van der Waals surface area contributed by atoms with Gasteiger partial charge in [-0.05, 0) is 56.4 Å². The number of aryl methyl sites for hydroxylation is 2. The number of aromatic nitrogens is 4. The molecule has 4 rings (SSSR count). The molecule has 6 nitrogen and oxygen atoms in total. The van der Waals surface area contributed by atoms with Gasteiger partial charge in [-0.2, -0.15) is 9.37 Å². The van der Waals surface area contributed by atoms with Crippen LogP contribution >= 0.6 is 0 Å². The Bertz CT molecular complexity index is 982. The largest absolute Gasteiger partial charge is 0.478 e. The molecule has 150 valence electrons. The summed E-state index contributed by atoms with van der Waals surface area (Å²) in [6.45, 7) is 4.59. The van der Waals surface area contributed by atoms with Crippen molar-refractivity contribution in [2.24, 2.45) is 5.92 Å². The van der Waals surface area contributed by atoms with Crippen LogP contribution in [0.5, 0.6) is 5.88 Å². The lowest BCUT2D eigenvalue weighted by Crippen LogP contribution is -2.08. The topological polar surface area (TPSA) is 72.8 Å². The number of hydrogen-bond donors (Lipinski definition) is 1. The summed E-state index contributed by atoms with van der Waals surface area (Å²) >= 11 is 0. The lowest BCUT2D eigenvalue weighted by Gasteiger charge is -2.10. The van der Waals surface area contributed by atoms with Crippen molar-refractivity contribution in [1.82, 2.24) is 19.9 Å². The van der Waals surface area contributed by atoms with Crippen molar-refractivity contribution in [3.05, 3.63) is 71.3 Å². The molecule has 1 aliphatic carbocycles. The summed E-state index contributed by atoms with van der Waals surface area (Å²) in [6.07, 6.45) is 5.48. The molecular weight excluding hydrogens is 369 g/mol. The molecule has 1 fully saturated rings. The third-order valence-electron chi connectivity index (χ3n) is 5.05. The smallest absolute Gasteiger partial charge is 0.218 e. The Hall–Kier alpha value is -3.09. The Morgan fingerprint density at radius 2 is 2.07 bits per heavy atom. The fraction of sp³-hybridized carbons (Fsp3) is 0.364. The maximum absolute atomic E-state index is 13.8. The van der Waals surface area contributed by atoms with Gasteiger partial charge in [-0.25, -0.2) is 9.97 Å². The summed E-state index contributed by atoms with van der Waals surface area (Å²) in [5.41, 5.74) is 2.58. The van der Waals surface area contributed by atoms with Gasteiger partial charge in [0.25, 0.3) is 0 Å². The maximum Gasteiger partial charge on any atom is 0.218 e. The lowest BCUT2D eigenvalue weighted by atomic mass is 10.2. The van der Waals surface area contributed by atoms with E-state index in [4.69, 9.17) is 4.74 Å². The zero-order valence-corrected chi connectivity index (χ0v) is 16.6. The van der Waals surface area contributed by atoms with Gasteiger partial charge in [-0.1, -0.05) is 6.07 Å². The van der Waals surface area contributed by atoms with E-state index in [1.807, 2.05) is 32.2 Å². The minimum Gasteiger partial charge on any atom is -0.478 e. The highest BCUT2D eigenvalue weighted by Crippen LogP contribution is 2.48. The molecule has 0 aliphatic heterocycles. The summed E-state index contributed by atoms with van der Waals surface area (Å²) < 4.78 is 19.7. The normalized spacial score (nSPS) is 17.8. The van der Waals surface area contributed by atoms with Gasteiger partial charge in [0.1, 0.15) is 11.6 Å². The van der Waals surface area contributed by atoms with Crippen molar-refractivity contribution in [3.63, 3.8) is 0 Å². The van der Waals surface area contributed by atoms with E-state index >= 15 is 0 Å². The Balaban J connectivity index is 1.30. The minimum atomic E-state index is -0.475. The number of anilines is 1. The van der Waals surface area contributed by atoms with Crippen molar-refractivity contribution in [1.29, 1.82) is 0 Å². The molecule has 2 atom stereocenters. The van der Waals surface area contributed by atoms with Gasteiger partial charge in [0, 0.05) is 42.2 Å². The van der Waals surface area contributed by atoms with Crippen LogP contribution in [0.25, 0.3) is 0 Å². The van der Waals surface area contributed by atoms with Crippen LogP contribution in [0.2, 0.25) is 0 Å². The molecule has 1 saturated carbocycles. The van der Waals surface area contributed by atoms with Crippen LogP contribution in [0.4, 0.5) is 10.2 Å². The molecule has 0 saturated heterocycles. The van der Waals surface area contributed by atoms with Gasteiger partial charge < -0.3 is 10.1 Å². The molecule has 7 heteroatoms. The molecule has 1 N–H and O–H groups in total. The number of halogens is 1. The third kappa shape index (κ3) is 5.04. The Kier molecular flexibility index (Phi) is 5.64. The van der Waals surface area contributed by atoms with Gasteiger partial charge in [0.15, 0.2) is 0 Å². The second kappa shape index (κ2) is 8.51. The SMILES string of the molecule is Cc1cnc(F)c(CNc2cc(OCC[C@H]3C[C@@H]3c3ccccn3)nc(C)n2)c1. The summed E-state index contributed by atoms with van der Waals surface area (Å²) in [6, 6.07) is 9.58. The standard InChI is InChI=1S/C22H24FN5O/c1-14-9-17(22(23)26-12-14)13-25-20-11-21(28-15(2)27-20)29-8-6-16-10-18(16)19-5-3-4-7-24-19/h3-5,7,9,11-12,16,18H,6,8,10,13H2,1-2H3,(H,25,27,28)/t16-,18-/m0/s1. The third-order valence-corrected chi connectivity index (χ3v) is 5.05. The Morgan fingerprint density at radius 3 is 2.90 bits per heavy atom. The molecule has 0 spiro atoms. The fourth-order valence-corrected chi connectivity index (χ4v) is 3.47. The molecule has 1 aliphatic rings. The lowest BCUT2D eigenvalue weighted by molar-refractivity contribution is 0.289. The van der Waals surface area contributed by atoms with E-state index in [1.165, 1.54) is 11.9 Å². The van der Waals surface area contributed by atoms with Gasteiger partial charge >= 0.3 is 0 Å². The molecule has 0 amide bonds. The van der Waals surface area contributed by atoms with E-state index in [-0.39, 0.29) is 0 Å². The van der Waals surface area contributed by atoms with Crippen LogP contribution in [0.15, 0.2) is 42.7 Å². The van der Waals surface area contributed by atoms with E-state index < -0.39 is 5.95 Å². The second-order valence-corrected chi connectivity index (χ2v) is 7.45. The Morgan fingerprint density at radius 1 is 1.17 bits per heavy atom. The first-order valence-corrected chi connectivity index (χ1v) is 9.83. The minimum absolute atomic E-state index is 0.296. The predicted octanol–water partition coefficient (Wildman–Crippen LogP) is 4.21. The van der Waals surface area contributed by atoms with Crippen molar-refractivity contribution < 1.29 is 9.13 Å². The van der Waals surface area contributed by atoms with E-state index in [1.54, 1.807) is 12.1 Å². The summed E-state index contributed by atoms with van der Waals surface area (Å²) in [5.74, 6) is 2.41. The van der Waals surface area contributed by atoms with Crippen LogP contribution in [-0.4, -0.2) is 26.5 Å². The van der Waals surface area contributed by atoms with Gasteiger partial charge in [0.05, 0.1) is 6.61 Å². The summed E-state index contributed by atoms with van der Waals surface area (Å²) in [7, 11) is 0. The first-order chi connectivity index (χ1) is 14.1. The van der Waals surface area contributed by atoms with Crippen molar-refractivity contribution in [3.8, 4) is 5.88 Å². The molecular formula is C22H24FN5O. The zero-order valence-electron chi connectivity index (χ0n) is 16.6. The molecule has 3 aromatic rings. The van der Waals surface area contributed by atoms with Crippen molar-refractivity contribution in [2.45, 2.75) is 39.2 Å². The highest BCUT2D eigenvalue weighted by molar-refractivity contribution is 5.39. The number of nitrogens with zero attached hydrogens (tertiary/aromatic N) is 4. The van der Waals surface area contributed by atoms with Gasteiger partial charge in [-0.15, -0.1) is 0 Å². The van der Waals surface area contributed by atoms with Crippen molar-refractivity contribution in [2.75, 3.05) is 11.9 Å². The van der Waals surface area contributed by atoms with Crippen LogP contribution < -0.4 is 10.1 Å². The number of ether oxygens (including phenoxy) is 1. The molecule has 0 aromatic carbocycles. The highest BCUT2D eigenvalue weighted by Gasteiger charge is 2.38. The van der Waals surface area contributed by atoms with E-state index in [0.29, 0.717) is 48.1 Å². The zero-order chi connectivity index (χ0) is 20.2. The molecule has 0 unspecified atom stereocenters. The maximum atomic E-state index is 13.8. The van der Waals surface area contributed by atoms with Crippen LogP contribution in [0, 0.1) is 25.7 Å². The summed E-state index contributed by atoms with van der Waals surface area (Å²) in [5, 5.41) is 3.13. The number of rotatable bonds is 8. The van der Waals surface area contributed by atoms with Gasteiger partial charge in [-0.3, -0.25) is 4.98 Å². The fourth-order valence-electron chi connectivity index (χ4n) is 3.47. The first kappa shape index (κ1) is 19.2. The highest BCUT2D eigenvalue weighted by atomic mass is 19.1. The van der Waals surface area contributed by atoms with Gasteiger partial charge in [0.2, 0.25) is 11.8 Å². The average Bonchev–Trinajstić information content (AvgIpc) is 3.49. The van der Waals surface area contributed by atoms with Crippen LogP contribution in [-0.2, 0) is 6.54 Å². The van der Waals surface area contributed by atoms with Crippen LogP contribution in [0.1, 0.15) is 41.4 Å². The monoisotopic (exact) mass is 393 g/mol. The van der Waals surface area contributed by atoms with Crippen LogP contribution in [0.3, 0.4) is 0 Å². The first-order valence-electron chi connectivity index (χ1n) is 9.83. The predicted molar refractivity (Wildman–Crippen MR) is 108 cm³/mol. The van der Waals surface area contributed by atoms with E-state index in [0.717, 1.165) is 18.4 Å².